The van der Waals surface area contributed by atoms with Crippen molar-refractivity contribution in [1.29, 1.82) is 0 Å². The summed E-state index contributed by atoms with van der Waals surface area (Å²) in [7, 11) is 0. The zero-order valence-electron chi connectivity index (χ0n) is 8.13. The molecule has 0 radical (unpaired) electrons. The van der Waals surface area contributed by atoms with Gasteiger partial charge in [0.1, 0.15) is 6.04 Å². The first-order chi connectivity index (χ1) is 5.16. The monoisotopic (exact) mass is 158 g/mol. The average molecular weight is 158 g/mol. The van der Waals surface area contributed by atoms with Gasteiger partial charge in [-0.05, 0) is 27.7 Å². The minimum absolute atomic E-state index is 0.148. The fraction of sp³-hybridized carbons (Fsp3) is 0.889. The molecule has 0 aliphatic carbocycles. The molecule has 0 rings (SSSR count). The summed E-state index contributed by atoms with van der Waals surface area (Å²) >= 11 is 0. The summed E-state index contributed by atoms with van der Waals surface area (Å²) in [6, 6.07) is 0.148. The predicted octanol–water partition coefficient (Wildman–Crippen LogP) is 1.45. The highest BCUT2D eigenvalue weighted by Gasteiger charge is 2.27. The van der Waals surface area contributed by atoms with Crippen molar-refractivity contribution in [1.82, 2.24) is 0 Å². The van der Waals surface area contributed by atoms with E-state index in [4.69, 9.17) is 0 Å². The molecule has 0 saturated carbocycles. The molecule has 0 aromatic rings. The van der Waals surface area contributed by atoms with Gasteiger partial charge in [0, 0.05) is 0 Å². The summed E-state index contributed by atoms with van der Waals surface area (Å²) in [6.07, 6.45) is 1.07. The lowest BCUT2D eigenvalue weighted by Crippen LogP contribution is -2.54. The molecule has 0 N–H and O–H groups in total. The Morgan fingerprint density at radius 1 is 1.18 bits per heavy atom. The second-order valence-corrected chi connectivity index (χ2v) is 3.04. The van der Waals surface area contributed by atoms with Gasteiger partial charge in [-0.1, -0.05) is 0 Å². The number of carbonyl (C=O) groups excluding carboxylic acids is 1. The van der Waals surface area contributed by atoms with Crippen LogP contribution in [-0.4, -0.2) is 36.4 Å². The highest BCUT2D eigenvalue weighted by Crippen LogP contribution is 2.10. The largest absolute Gasteiger partial charge is 0.316 e. The summed E-state index contributed by atoms with van der Waals surface area (Å²) in [5.74, 6) is 0. The average Bonchev–Trinajstić information content (AvgIpc) is 2.08. The van der Waals surface area contributed by atoms with Crippen LogP contribution in [0.15, 0.2) is 0 Å². The van der Waals surface area contributed by atoms with E-state index in [9.17, 15) is 4.79 Å². The fourth-order valence-corrected chi connectivity index (χ4v) is 1.66. The SMILES string of the molecule is CC[N+](CC)(CC)C(C)C=O. The molecule has 66 valence electrons. The summed E-state index contributed by atoms with van der Waals surface area (Å²) in [5.41, 5.74) is 0. The number of nitrogens with zero attached hydrogens (tertiary/aromatic N) is 1. The zero-order chi connectivity index (χ0) is 8.91. The van der Waals surface area contributed by atoms with Crippen molar-refractivity contribution in [3.8, 4) is 0 Å². The van der Waals surface area contributed by atoms with Gasteiger partial charge in [0.25, 0.3) is 0 Å². The zero-order valence-corrected chi connectivity index (χ0v) is 8.13. The minimum atomic E-state index is 0.148. The Hall–Kier alpha value is -0.370. The maximum atomic E-state index is 10.6. The van der Waals surface area contributed by atoms with E-state index in [2.05, 4.69) is 20.8 Å². The molecule has 0 amide bonds. The number of quaternary nitrogens is 1. The third-order valence-electron chi connectivity index (χ3n) is 2.95. The molecule has 0 heterocycles. The molecule has 0 aromatic heterocycles. The number of carbonyl (C=O) groups is 1. The van der Waals surface area contributed by atoms with Crippen molar-refractivity contribution >= 4 is 6.29 Å². The molecule has 11 heavy (non-hydrogen) atoms. The van der Waals surface area contributed by atoms with E-state index in [1.165, 1.54) is 0 Å². The number of rotatable bonds is 5. The van der Waals surface area contributed by atoms with Crippen LogP contribution in [0.3, 0.4) is 0 Å². The molecule has 0 spiro atoms. The molecule has 0 aliphatic rings. The quantitative estimate of drug-likeness (QED) is 0.437. The lowest BCUT2D eigenvalue weighted by atomic mass is 10.2. The van der Waals surface area contributed by atoms with E-state index in [-0.39, 0.29) is 6.04 Å². The molecule has 2 heteroatoms. The van der Waals surface area contributed by atoms with Gasteiger partial charge in [-0.3, -0.25) is 4.79 Å². The van der Waals surface area contributed by atoms with Crippen molar-refractivity contribution in [2.75, 3.05) is 19.6 Å². The molecular formula is C9H20NO+. The molecule has 0 aromatic carbocycles. The molecule has 0 aliphatic heterocycles. The van der Waals surface area contributed by atoms with Crippen LogP contribution in [0.1, 0.15) is 27.7 Å². The van der Waals surface area contributed by atoms with Crippen molar-refractivity contribution in [2.45, 2.75) is 33.7 Å². The molecule has 1 unspecified atom stereocenters. The topological polar surface area (TPSA) is 17.1 Å². The van der Waals surface area contributed by atoms with Crippen molar-refractivity contribution in [3.05, 3.63) is 0 Å². The maximum absolute atomic E-state index is 10.6. The van der Waals surface area contributed by atoms with Gasteiger partial charge in [-0.2, -0.15) is 0 Å². The highest BCUT2D eigenvalue weighted by atomic mass is 16.1. The lowest BCUT2D eigenvalue weighted by Gasteiger charge is -2.38. The third-order valence-corrected chi connectivity index (χ3v) is 2.95. The Labute approximate surface area is 69.8 Å². The molecule has 0 saturated heterocycles. The van der Waals surface area contributed by atoms with E-state index in [1.54, 1.807) is 0 Å². The maximum Gasteiger partial charge on any atom is 0.176 e. The van der Waals surface area contributed by atoms with Crippen LogP contribution in [0, 0.1) is 0 Å². The highest BCUT2D eigenvalue weighted by molar-refractivity contribution is 5.55. The summed E-state index contributed by atoms with van der Waals surface area (Å²) in [4.78, 5) is 10.6. The normalized spacial score (nSPS) is 14.5. The minimum Gasteiger partial charge on any atom is -0.316 e. The number of hydrogen-bond donors (Lipinski definition) is 0. The first-order valence-electron chi connectivity index (χ1n) is 4.47. The fourth-order valence-electron chi connectivity index (χ4n) is 1.66. The van der Waals surface area contributed by atoms with Gasteiger partial charge in [-0.25, -0.2) is 0 Å². The Bertz CT molecular complexity index is 110. The van der Waals surface area contributed by atoms with Gasteiger partial charge in [0.2, 0.25) is 0 Å². The van der Waals surface area contributed by atoms with Crippen LogP contribution in [0.2, 0.25) is 0 Å². The molecule has 2 nitrogen and oxygen atoms in total. The van der Waals surface area contributed by atoms with E-state index < -0.39 is 0 Å². The lowest BCUT2D eigenvalue weighted by molar-refractivity contribution is -0.935. The molecule has 0 bridgehead atoms. The smallest absolute Gasteiger partial charge is 0.176 e. The number of aldehydes is 1. The van der Waals surface area contributed by atoms with E-state index in [1.807, 2.05) is 6.92 Å². The van der Waals surface area contributed by atoms with Crippen LogP contribution < -0.4 is 0 Å². The van der Waals surface area contributed by atoms with Crippen LogP contribution in [-0.2, 0) is 4.79 Å². The van der Waals surface area contributed by atoms with Gasteiger partial charge in [0.05, 0.1) is 19.6 Å². The Morgan fingerprint density at radius 2 is 1.55 bits per heavy atom. The van der Waals surface area contributed by atoms with Crippen molar-refractivity contribution in [2.24, 2.45) is 0 Å². The van der Waals surface area contributed by atoms with E-state index >= 15 is 0 Å². The first-order valence-corrected chi connectivity index (χ1v) is 4.47. The van der Waals surface area contributed by atoms with Crippen LogP contribution in [0.25, 0.3) is 0 Å². The Kier molecular flexibility index (Phi) is 4.34. The standard InChI is InChI=1S/C9H20NO/c1-5-10(6-2,7-3)9(4)8-11/h8-9H,5-7H2,1-4H3/q+1. The van der Waals surface area contributed by atoms with E-state index in [0.717, 1.165) is 30.4 Å². The number of likely N-dealkylation sites (N-methyl/N-ethyl adjacent to an activating group) is 1. The van der Waals surface area contributed by atoms with Crippen molar-refractivity contribution < 1.29 is 9.28 Å². The summed E-state index contributed by atoms with van der Waals surface area (Å²) < 4.78 is 0.920. The van der Waals surface area contributed by atoms with Gasteiger partial charge in [-0.15, -0.1) is 0 Å². The van der Waals surface area contributed by atoms with E-state index in [0.29, 0.717) is 0 Å². The van der Waals surface area contributed by atoms with Crippen LogP contribution >= 0.6 is 0 Å². The number of hydrogen-bond acceptors (Lipinski definition) is 1. The van der Waals surface area contributed by atoms with Crippen LogP contribution in [0.5, 0.6) is 0 Å². The first kappa shape index (κ1) is 10.6. The van der Waals surface area contributed by atoms with Gasteiger partial charge < -0.3 is 4.48 Å². The Morgan fingerprint density at radius 3 is 1.64 bits per heavy atom. The second-order valence-electron chi connectivity index (χ2n) is 3.04. The predicted molar refractivity (Wildman–Crippen MR) is 47.4 cm³/mol. The van der Waals surface area contributed by atoms with Crippen LogP contribution in [0.4, 0.5) is 0 Å². The summed E-state index contributed by atoms with van der Waals surface area (Å²) in [5, 5.41) is 0. The van der Waals surface area contributed by atoms with Gasteiger partial charge in [0.15, 0.2) is 6.29 Å². The molecular weight excluding hydrogens is 138 g/mol. The summed E-state index contributed by atoms with van der Waals surface area (Å²) in [6.45, 7) is 11.6. The van der Waals surface area contributed by atoms with Crippen molar-refractivity contribution in [3.63, 3.8) is 0 Å². The molecule has 1 atom stereocenters. The van der Waals surface area contributed by atoms with Gasteiger partial charge >= 0.3 is 0 Å². The Balaban J connectivity index is 4.38. The second kappa shape index (κ2) is 4.50. The molecule has 0 fully saturated rings. The third kappa shape index (κ3) is 2.03.